The molecular weight excluding hydrogens is 386 g/mol. The average molecular weight is 422 g/mol. The van der Waals surface area contributed by atoms with Crippen molar-refractivity contribution in [2.24, 2.45) is 5.92 Å². The fourth-order valence-corrected chi connectivity index (χ4v) is 5.64. The van der Waals surface area contributed by atoms with E-state index in [0.717, 1.165) is 64.5 Å². The van der Waals surface area contributed by atoms with Gasteiger partial charge < -0.3 is 14.4 Å². The van der Waals surface area contributed by atoms with E-state index in [9.17, 15) is 4.79 Å². The Morgan fingerprint density at radius 1 is 0.903 bits per heavy atom. The van der Waals surface area contributed by atoms with Gasteiger partial charge in [0.2, 0.25) is 5.91 Å². The predicted molar refractivity (Wildman–Crippen MR) is 122 cm³/mol. The summed E-state index contributed by atoms with van der Waals surface area (Å²) in [6.45, 7) is 7.43. The standard InChI is InChI=1S/C25H35N5O/c31-25(29-13-3-4-14-29)21-8-18-28(19-9-21)22-10-16-27(17-11-22)20-23-6-5-15-30(23)24-7-1-2-12-26-24/h1-2,5-7,12,15,21-22H,3-4,8-11,13-14,16-20H2. The first kappa shape index (κ1) is 20.7. The first-order valence-electron chi connectivity index (χ1n) is 12.1. The van der Waals surface area contributed by atoms with Crippen LogP contribution >= 0.6 is 0 Å². The van der Waals surface area contributed by atoms with Crippen LogP contribution in [0.15, 0.2) is 42.7 Å². The molecule has 2 aromatic heterocycles. The maximum Gasteiger partial charge on any atom is 0.225 e. The molecule has 6 nitrogen and oxygen atoms in total. The fraction of sp³-hybridized carbons (Fsp3) is 0.600. The molecule has 5 heterocycles. The molecule has 3 aliphatic rings. The summed E-state index contributed by atoms with van der Waals surface area (Å²) in [7, 11) is 0. The quantitative estimate of drug-likeness (QED) is 0.744. The lowest BCUT2D eigenvalue weighted by Crippen LogP contribution is -2.49. The van der Waals surface area contributed by atoms with Gasteiger partial charge in [-0.3, -0.25) is 9.69 Å². The summed E-state index contributed by atoms with van der Waals surface area (Å²) < 4.78 is 2.20. The zero-order valence-corrected chi connectivity index (χ0v) is 18.5. The van der Waals surface area contributed by atoms with Crippen LogP contribution in [0.2, 0.25) is 0 Å². The van der Waals surface area contributed by atoms with Gasteiger partial charge >= 0.3 is 0 Å². The van der Waals surface area contributed by atoms with E-state index in [1.165, 1.54) is 31.4 Å². The second kappa shape index (κ2) is 9.53. The molecule has 0 unspecified atom stereocenters. The van der Waals surface area contributed by atoms with Crippen LogP contribution in [0, 0.1) is 5.92 Å². The second-order valence-corrected chi connectivity index (χ2v) is 9.41. The summed E-state index contributed by atoms with van der Waals surface area (Å²) >= 11 is 0. The number of pyridine rings is 1. The number of likely N-dealkylation sites (tertiary alicyclic amines) is 3. The van der Waals surface area contributed by atoms with Crippen molar-refractivity contribution in [2.75, 3.05) is 39.3 Å². The van der Waals surface area contributed by atoms with E-state index < -0.39 is 0 Å². The lowest BCUT2D eigenvalue weighted by molar-refractivity contribution is -0.136. The third-order valence-electron chi connectivity index (χ3n) is 7.48. The molecule has 3 saturated heterocycles. The van der Waals surface area contributed by atoms with Crippen LogP contribution in [-0.4, -0.2) is 75.5 Å². The van der Waals surface area contributed by atoms with Gasteiger partial charge in [-0.15, -0.1) is 0 Å². The number of carbonyl (C=O) groups excluding carboxylic acids is 1. The van der Waals surface area contributed by atoms with Gasteiger partial charge in [-0.1, -0.05) is 6.07 Å². The number of nitrogens with zero attached hydrogens (tertiary/aromatic N) is 5. The van der Waals surface area contributed by atoms with Crippen LogP contribution in [0.4, 0.5) is 0 Å². The Kier molecular flexibility index (Phi) is 6.37. The largest absolute Gasteiger partial charge is 0.342 e. The van der Waals surface area contributed by atoms with Gasteiger partial charge in [0.05, 0.1) is 0 Å². The number of rotatable bonds is 5. The molecule has 6 heteroatoms. The highest BCUT2D eigenvalue weighted by atomic mass is 16.2. The first-order valence-corrected chi connectivity index (χ1v) is 12.1. The molecule has 31 heavy (non-hydrogen) atoms. The topological polar surface area (TPSA) is 44.6 Å². The molecule has 0 radical (unpaired) electrons. The van der Waals surface area contributed by atoms with Gasteiger partial charge in [0.15, 0.2) is 0 Å². The second-order valence-electron chi connectivity index (χ2n) is 9.41. The normalized spacial score (nSPS) is 22.3. The van der Waals surface area contributed by atoms with E-state index in [-0.39, 0.29) is 5.92 Å². The Hall–Kier alpha value is -2.18. The summed E-state index contributed by atoms with van der Waals surface area (Å²) in [5.74, 6) is 1.69. The van der Waals surface area contributed by atoms with Gasteiger partial charge in [0, 0.05) is 62.8 Å². The van der Waals surface area contributed by atoms with Crippen molar-refractivity contribution < 1.29 is 4.79 Å². The minimum absolute atomic E-state index is 0.272. The molecular formula is C25H35N5O. The number of piperidine rings is 2. The molecule has 5 rings (SSSR count). The third-order valence-corrected chi connectivity index (χ3v) is 7.48. The Morgan fingerprint density at radius 3 is 2.39 bits per heavy atom. The van der Waals surface area contributed by atoms with Crippen molar-refractivity contribution in [1.82, 2.24) is 24.3 Å². The average Bonchev–Trinajstić information content (AvgIpc) is 3.52. The minimum Gasteiger partial charge on any atom is -0.342 e. The highest BCUT2D eigenvalue weighted by molar-refractivity contribution is 5.79. The van der Waals surface area contributed by atoms with Crippen molar-refractivity contribution >= 4 is 5.91 Å². The zero-order chi connectivity index (χ0) is 21.0. The molecule has 0 aromatic carbocycles. The lowest BCUT2D eigenvalue weighted by atomic mass is 9.92. The number of hydrogen-bond donors (Lipinski definition) is 0. The number of amides is 1. The molecule has 2 aromatic rings. The van der Waals surface area contributed by atoms with Crippen molar-refractivity contribution in [3.63, 3.8) is 0 Å². The van der Waals surface area contributed by atoms with Crippen molar-refractivity contribution in [2.45, 2.75) is 51.1 Å². The van der Waals surface area contributed by atoms with Gasteiger partial charge in [-0.05, 0) is 75.9 Å². The van der Waals surface area contributed by atoms with Crippen molar-refractivity contribution in [3.05, 3.63) is 48.4 Å². The number of aromatic nitrogens is 2. The smallest absolute Gasteiger partial charge is 0.225 e. The van der Waals surface area contributed by atoms with E-state index >= 15 is 0 Å². The van der Waals surface area contributed by atoms with E-state index in [1.54, 1.807) is 0 Å². The zero-order valence-electron chi connectivity index (χ0n) is 18.5. The third kappa shape index (κ3) is 4.70. The summed E-state index contributed by atoms with van der Waals surface area (Å²) in [5, 5.41) is 0. The molecule has 166 valence electrons. The minimum atomic E-state index is 0.272. The molecule has 0 aliphatic carbocycles. The molecule has 0 bridgehead atoms. The maximum atomic E-state index is 12.7. The van der Waals surface area contributed by atoms with E-state index in [1.807, 2.05) is 18.3 Å². The van der Waals surface area contributed by atoms with Crippen LogP contribution in [-0.2, 0) is 11.3 Å². The van der Waals surface area contributed by atoms with Gasteiger partial charge in [0.1, 0.15) is 5.82 Å². The molecule has 0 spiro atoms. The summed E-state index contributed by atoms with van der Waals surface area (Å²) in [5.41, 5.74) is 1.30. The van der Waals surface area contributed by atoms with Crippen LogP contribution in [0.1, 0.15) is 44.2 Å². The highest BCUT2D eigenvalue weighted by Crippen LogP contribution is 2.27. The van der Waals surface area contributed by atoms with Gasteiger partial charge in [-0.25, -0.2) is 4.98 Å². The maximum absolute atomic E-state index is 12.7. The fourth-order valence-electron chi connectivity index (χ4n) is 5.64. The van der Waals surface area contributed by atoms with Crippen molar-refractivity contribution in [1.29, 1.82) is 0 Å². The summed E-state index contributed by atoms with van der Waals surface area (Å²) in [6, 6.07) is 11.1. The Labute approximate surface area is 185 Å². The summed E-state index contributed by atoms with van der Waals surface area (Å²) in [4.78, 5) is 24.6. The Balaban J connectivity index is 1.09. The van der Waals surface area contributed by atoms with E-state index in [2.05, 4.69) is 48.6 Å². The molecule has 3 aliphatic heterocycles. The summed E-state index contributed by atoms with van der Waals surface area (Å²) in [6.07, 6.45) is 10.9. The number of carbonyl (C=O) groups is 1. The monoisotopic (exact) mass is 421 g/mol. The molecule has 0 saturated carbocycles. The van der Waals surface area contributed by atoms with Crippen LogP contribution < -0.4 is 0 Å². The van der Waals surface area contributed by atoms with Gasteiger partial charge in [0.25, 0.3) is 0 Å². The van der Waals surface area contributed by atoms with Crippen LogP contribution in [0.25, 0.3) is 5.82 Å². The number of hydrogen-bond acceptors (Lipinski definition) is 4. The van der Waals surface area contributed by atoms with Crippen LogP contribution in [0.3, 0.4) is 0 Å². The molecule has 0 atom stereocenters. The lowest BCUT2D eigenvalue weighted by Gasteiger charge is -2.42. The van der Waals surface area contributed by atoms with E-state index in [0.29, 0.717) is 11.9 Å². The molecule has 0 N–H and O–H groups in total. The SMILES string of the molecule is O=C(C1CCN(C2CCN(Cc3cccn3-c3ccccn3)CC2)CC1)N1CCCC1. The van der Waals surface area contributed by atoms with E-state index in [4.69, 9.17) is 0 Å². The Morgan fingerprint density at radius 2 is 1.68 bits per heavy atom. The first-order chi connectivity index (χ1) is 15.3. The van der Waals surface area contributed by atoms with Crippen molar-refractivity contribution in [3.8, 4) is 5.82 Å². The highest BCUT2D eigenvalue weighted by Gasteiger charge is 2.33. The van der Waals surface area contributed by atoms with Crippen LogP contribution in [0.5, 0.6) is 0 Å². The molecule has 1 amide bonds. The Bertz CT molecular complexity index is 844. The predicted octanol–water partition coefficient (Wildman–Crippen LogP) is 3.17. The molecule has 3 fully saturated rings. The van der Waals surface area contributed by atoms with Gasteiger partial charge in [-0.2, -0.15) is 0 Å².